The number of benzene rings is 2. The smallest absolute Gasteiger partial charge is 0.0459 e. The SMILES string of the molecule is Cc1ccc(N(C)c2cccc(Cl)c2CC(C)N)c(C)c1. The maximum absolute atomic E-state index is 6.39. The van der Waals surface area contributed by atoms with Gasteiger partial charge < -0.3 is 10.6 Å². The Morgan fingerprint density at radius 2 is 1.86 bits per heavy atom. The van der Waals surface area contributed by atoms with Gasteiger partial charge in [0.15, 0.2) is 0 Å². The van der Waals surface area contributed by atoms with Crippen LogP contribution in [0.25, 0.3) is 0 Å². The van der Waals surface area contributed by atoms with E-state index < -0.39 is 0 Å². The Bertz CT molecular complexity index is 635. The molecule has 21 heavy (non-hydrogen) atoms. The third-order valence-electron chi connectivity index (χ3n) is 3.70. The lowest BCUT2D eigenvalue weighted by Crippen LogP contribution is -2.21. The number of halogens is 1. The molecule has 0 radical (unpaired) electrons. The molecule has 0 aliphatic rings. The molecule has 0 heterocycles. The summed E-state index contributed by atoms with van der Waals surface area (Å²) in [6.07, 6.45) is 0.768. The van der Waals surface area contributed by atoms with E-state index in [1.54, 1.807) is 0 Å². The lowest BCUT2D eigenvalue weighted by Gasteiger charge is -2.26. The fourth-order valence-corrected chi connectivity index (χ4v) is 2.94. The van der Waals surface area contributed by atoms with Gasteiger partial charge in [0.2, 0.25) is 0 Å². The summed E-state index contributed by atoms with van der Waals surface area (Å²) in [6.45, 7) is 6.25. The van der Waals surface area contributed by atoms with Crippen molar-refractivity contribution in [2.75, 3.05) is 11.9 Å². The Morgan fingerprint density at radius 1 is 1.14 bits per heavy atom. The lowest BCUT2D eigenvalue weighted by molar-refractivity contribution is 0.737. The third kappa shape index (κ3) is 3.58. The average molecular weight is 303 g/mol. The predicted molar refractivity (Wildman–Crippen MR) is 92.8 cm³/mol. The molecule has 0 saturated carbocycles. The van der Waals surface area contributed by atoms with Gasteiger partial charge in [-0.1, -0.05) is 35.4 Å². The van der Waals surface area contributed by atoms with Gasteiger partial charge in [0.05, 0.1) is 0 Å². The van der Waals surface area contributed by atoms with Crippen LogP contribution in [0, 0.1) is 13.8 Å². The van der Waals surface area contributed by atoms with Gasteiger partial charge in [0.1, 0.15) is 0 Å². The van der Waals surface area contributed by atoms with Crippen molar-refractivity contribution in [1.29, 1.82) is 0 Å². The Kier molecular flexibility index (Phi) is 4.92. The molecule has 1 atom stereocenters. The van der Waals surface area contributed by atoms with Gasteiger partial charge in [-0.2, -0.15) is 0 Å². The van der Waals surface area contributed by atoms with Crippen LogP contribution in [0.1, 0.15) is 23.6 Å². The molecule has 3 heteroatoms. The van der Waals surface area contributed by atoms with Crippen LogP contribution in [0.5, 0.6) is 0 Å². The van der Waals surface area contributed by atoms with Crippen molar-refractivity contribution in [2.45, 2.75) is 33.2 Å². The summed E-state index contributed by atoms with van der Waals surface area (Å²) in [4.78, 5) is 2.19. The molecule has 0 amide bonds. The molecule has 0 aromatic heterocycles. The summed E-state index contributed by atoms with van der Waals surface area (Å²) in [5.74, 6) is 0. The fourth-order valence-electron chi connectivity index (χ4n) is 2.70. The standard InChI is InChI=1S/C18H23ClN2/c1-12-8-9-17(13(2)10-12)21(4)18-7-5-6-16(19)15(18)11-14(3)20/h5-10,14H,11,20H2,1-4H3. The predicted octanol–water partition coefficient (Wildman–Crippen LogP) is 4.61. The van der Waals surface area contributed by atoms with Gasteiger partial charge in [-0.25, -0.2) is 0 Å². The molecule has 112 valence electrons. The first-order valence-electron chi connectivity index (χ1n) is 7.24. The van der Waals surface area contributed by atoms with Gasteiger partial charge in [0.25, 0.3) is 0 Å². The van der Waals surface area contributed by atoms with E-state index in [0.29, 0.717) is 0 Å². The molecule has 0 fully saturated rings. The Hall–Kier alpha value is -1.51. The number of hydrogen-bond acceptors (Lipinski definition) is 2. The second-order valence-electron chi connectivity index (χ2n) is 5.77. The number of hydrogen-bond donors (Lipinski definition) is 1. The molecule has 2 rings (SSSR count). The van der Waals surface area contributed by atoms with E-state index in [2.05, 4.69) is 50.1 Å². The van der Waals surface area contributed by atoms with Crippen LogP contribution in [-0.2, 0) is 6.42 Å². The van der Waals surface area contributed by atoms with Gasteiger partial charge in [-0.05, 0) is 56.5 Å². The maximum Gasteiger partial charge on any atom is 0.0459 e. The Morgan fingerprint density at radius 3 is 2.48 bits per heavy atom. The second kappa shape index (κ2) is 6.50. The second-order valence-corrected chi connectivity index (χ2v) is 6.18. The van der Waals surface area contributed by atoms with Crippen molar-refractivity contribution in [1.82, 2.24) is 0 Å². The van der Waals surface area contributed by atoms with E-state index in [1.807, 2.05) is 19.1 Å². The number of anilines is 2. The van der Waals surface area contributed by atoms with E-state index in [9.17, 15) is 0 Å². The highest BCUT2D eigenvalue weighted by Crippen LogP contribution is 2.34. The molecule has 2 aromatic rings. The van der Waals surface area contributed by atoms with Crippen LogP contribution in [0.2, 0.25) is 5.02 Å². The minimum absolute atomic E-state index is 0.0798. The minimum atomic E-state index is 0.0798. The zero-order chi connectivity index (χ0) is 15.6. The van der Waals surface area contributed by atoms with E-state index in [-0.39, 0.29) is 6.04 Å². The van der Waals surface area contributed by atoms with Crippen LogP contribution in [-0.4, -0.2) is 13.1 Å². The van der Waals surface area contributed by atoms with Crippen molar-refractivity contribution in [3.05, 3.63) is 58.1 Å². The van der Waals surface area contributed by atoms with Crippen LogP contribution in [0.15, 0.2) is 36.4 Å². The lowest BCUT2D eigenvalue weighted by atomic mass is 10.0. The number of nitrogens with zero attached hydrogens (tertiary/aromatic N) is 1. The highest BCUT2D eigenvalue weighted by atomic mass is 35.5. The maximum atomic E-state index is 6.39. The first-order chi connectivity index (χ1) is 9.90. The molecule has 2 nitrogen and oxygen atoms in total. The van der Waals surface area contributed by atoms with Crippen molar-refractivity contribution in [3.63, 3.8) is 0 Å². The highest BCUT2D eigenvalue weighted by Gasteiger charge is 2.15. The van der Waals surface area contributed by atoms with Gasteiger partial charge >= 0.3 is 0 Å². The Balaban J connectivity index is 2.47. The van der Waals surface area contributed by atoms with E-state index in [0.717, 1.165) is 22.7 Å². The van der Waals surface area contributed by atoms with Crippen LogP contribution >= 0.6 is 11.6 Å². The molecular weight excluding hydrogens is 280 g/mol. The summed E-state index contributed by atoms with van der Waals surface area (Å²) in [6, 6.07) is 12.6. The van der Waals surface area contributed by atoms with E-state index in [1.165, 1.54) is 16.8 Å². The van der Waals surface area contributed by atoms with Crippen LogP contribution in [0.3, 0.4) is 0 Å². The van der Waals surface area contributed by atoms with Crippen molar-refractivity contribution >= 4 is 23.0 Å². The number of aryl methyl sites for hydroxylation is 2. The molecule has 0 spiro atoms. The summed E-state index contributed by atoms with van der Waals surface area (Å²) < 4.78 is 0. The first-order valence-corrected chi connectivity index (χ1v) is 7.62. The summed E-state index contributed by atoms with van der Waals surface area (Å²) >= 11 is 6.39. The average Bonchev–Trinajstić information content (AvgIpc) is 2.40. The van der Waals surface area contributed by atoms with Crippen LogP contribution in [0.4, 0.5) is 11.4 Å². The molecule has 0 aliphatic carbocycles. The zero-order valence-electron chi connectivity index (χ0n) is 13.2. The molecule has 2 N–H and O–H groups in total. The fraction of sp³-hybridized carbons (Fsp3) is 0.333. The minimum Gasteiger partial charge on any atom is -0.344 e. The molecule has 0 aliphatic heterocycles. The third-order valence-corrected chi connectivity index (χ3v) is 4.05. The summed E-state index contributed by atoms with van der Waals surface area (Å²) in [5, 5.41) is 0.779. The zero-order valence-corrected chi connectivity index (χ0v) is 13.9. The molecule has 0 saturated heterocycles. The van der Waals surface area contributed by atoms with Gasteiger partial charge in [-0.15, -0.1) is 0 Å². The summed E-state index contributed by atoms with van der Waals surface area (Å²) in [7, 11) is 2.08. The van der Waals surface area contributed by atoms with Crippen molar-refractivity contribution in [2.24, 2.45) is 5.73 Å². The largest absolute Gasteiger partial charge is 0.344 e. The topological polar surface area (TPSA) is 29.3 Å². The highest BCUT2D eigenvalue weighted by molar-refractivity contribution is 6.31. The number of nitrogens with two attached hydrogens (primary N) is 1. The molecule has 0 bridgehead atoms. The van der Waals surface area contributed by atoms with Crippen LogP contribution < -0.4 is 10.6 Å². The van der Waals surface area contributed by atoms with E-state index >= 15 is 0 Å². The molecular formula is C18H23ClN2. The van der Waals surface area contributed by atoms with Crippen molar-refractivity contribution in [3.8, 4) is 0 Å². The molecule has 2 aromatic carbocycles. The van der Waals surface area contributed by atoms with Crippen molar-refractivity contribution < 1.29 is 0 Å². The summed E-state index contributed by atoms with van der Waals surface area (Å²) in [5.41, 5.74) is 11.9. The monoisotopic (exact) mass is 302 g/mol. The first kappa shape index (κ1) is 15.9. The normalized spacial score (nSPS) is 12.3. The van der Waals surface area contributed by atoms with Gasteiger partial charge in [-0.3, -0.25) is 0 Å². The Labute approximate surface area is 132 Å². The van der Waals surface area contributed by atoms with E-state index in [4.69, 9.17) is 17.3 Å². The quantitative estimate of drug-likeness (QED) is 0.893. The number of rotatable bonds is 4. The van der Waals surface area contributed by atoms with Gasteiger partial charge in [0, 0.05) is 29.5 Å². The molecule has 1 unspecified atom stereocenters.